The summed E-state index contributed by atoms with van der Waals surface area (Å²) in [5.41, 5.74) is 8.49. The topological polar surface area (TPSA) is 97.0 Å². The lowest BCUT2D eigenvalue weighted by Crippen LogP contribution is -2.33. The molecule has 0 aromatic heterocycles. The molecular formula is C20H23ClN4O3. The standard InChI is InChI=1S/C20H23ClN4O3/c1-13(24-16-4-8-28-9-5-16)23-11-18(21)19(22)14-2-3-15-12-25(6-7-26)20(27)17(15)10-14/h2-3,7,10-11,16,24H,1,4-6,8-9,12,22H2/b19-18+,23-11?. The predicted molar refractivity (Wildman–Crippen MR) is 109 cm³/mol. The number of rotatable bonds is 7. The zero-order valence-corrected chi connectivity index (χ0v) is 16.2. The van der Waals surface area contributed by atoms with Crippen LogP contribution in [0.2, 0.25) is 0 Å². The highest BCUT2D eigenvalue weighted by atomic mass is 35.5. The Bertz CT molecular complexity index is 844. The molecule has 2 aliphatic heterocycles. The zero-order chi connectivity index (χ0) is 20.1. The molecule has 0 atom stereocenters. The molecule has 1 saturated heterocycles. The number of nitrogens with one attached hydrogen (secondary N) is 1. The number of nitrogens with two attached hydrogens (primary N) is 1. The third-order valence-electron chi connectivity index (χ3n) is 4.78. The second-order valence-corrected chi connectivity index (χ2v) is 7.13. The molecule has 28 heavy (non-hydrogen) atoms. The molecule has 1 aromatic carbocycles. The summed E-state index contributed by atoms with van der Waals surface area (Å²) in [5.74, 6) is 0.321. The van der Waals surface area contributed by atoms with Crippen molar-refractivity contribution in [2.24, 2.45) is 10.7 Å². The number of benzene rings is 1. The first-order chi connectivity index (χ1) is 13.5. The van der Waals surface area contributed by atoms with Gasteiger partial charge in [-0.3, -0.25) is 4.79 Å². The number of nitrogens with zero attached hydrogens (tertiary/aromatic N) is 2. The fraction of sp³-hybridized carbons (Fsp3) is 0.350. The highest BCUT2D eigenvalue weighted by Gasteiger charge is 2.27. The van der Waals surface area contributed by atoms with E-state index in [1.807, 2.05) is 6.07 Å². The minimum Gasteiger partial charge on any atom is -0.397 e. The van der Waals surface area contributed by atoms with Crippen LogP contribution in [-0.2, 0) is 16.1 Å². The number of amides is 1. The van der Waals surface area contributed by atoms with Gasteiger partial charge in [0.15, 0.2) is 0 Å². The Morgan fingerprint density at radius 3 is 2.89 bits per heavy atom. The van der Waals surface area contributed by atoms with Crippen molar-refractivity contribution in [3.05, 3.63) is 52.3 Å². The van der Waals surface area contributed by atoms with E-state index in [0.717, 1.165) is 31.6 Å². The van der Waals surface area contributed by atoms with Gasteiger partial charge in [0.05, 0.1) is 17.3 Å². The Hall–Kier alpha value is -2.64. The van der Waals surface area contributed by atoms with Crippen molar-refractivity contribution in [1.29, 1.82) is 0 Å². The van der Waals surface area contributed by atoms with Crippen LogP contribution in [0.15, 0.2) is 40.6 Å². The first kappa shape index (κ1) is 20.1. The van der Waals surface area contributed by atoms with Crippen LogP contribution in [0.1, 0.15) is 34.3 Å². The highest BCUT2D eigenvalue weighted by molar-refractivity contribution is 6.42. The number of hydrogen-bond donors (Lipinski definition) is 2. The summed E-state index contributed by atoms with van der Waals surface area (Å²) < 4.78 is 5.32. The molecule has 0 bridgehead atoms. The molecule has 0 aliphatic carbocycles. The van der Waals surface area contributed by atoms with Gasteiger partial charge in [0.1, 0.15) is 12.1 Å². The van der Waals surface area contributed by atoms with Gasteiger partial charge in [0.25, 0.3) is 5.91 Å². The van der Waals surface area contributed by atoms with Crippen molar-refractivity contribution in [3.8, 4) is 0 Å². The van der Waals surface area contributed by atoms with Crippen LogP contribution < -0.4 is 11.1 Å². The van der Waals surface area contributed by atoms with Crippen molar-refractivity contribution < 1.29 is 14.3 Å². The summed E-state index contributed by atoms with van der Waals surface area (Å²) in [6.07, 6.45) is 3.97. The zero-order valence-electron chi connectivity index (χ0n) is 15.5. The van der Waals surface area contributed by atoms with Gasteiger partial charge >= 0.3 is 0 Å². The van der Waals surface area contributed by atoms with Crippen molar-refractivity contribution in [2.45, 2.75) is 25.4 Å². The second-order valence-electron chi connectivity index (χ2n) is 6.72. The molecule has 148 valence electrons. The van der Waals surface area contributed by atoms with Crippen molar-refractivity contribution in [3.63, 3.8) is 0 Å². The number of fused-ring (bicyclic) bond motifs is 1. The quantitative estimate of drug-likeness (QED) is 0.537. The fourth-order valence-corrected chi connectivity index (χ4v) is 3.38. The Kier molecular flexibility index (Phi) is 6.49. The monoisotopic (exact) mass is 402 g/mol. The summed E-state index contributed by atoms with van der Waals surface area (Å²) in [6.45, 7) is 5.83. The second kappa shape index (κ2) is 9.03. The molecule has 2 aliphatic rings. The molecule has 0 saturated carbocycles. The minimum atomic E-state index is -0.185. The number of hydrogen-bond acceptors (Lipinski definition) is 6. The lowest BCUT2D eigenvalue weighted by Gasteiger charge is -2.23. The number of carbonyl (C=O) groups excluding carboxylic acids is 2. The van der Waals surface area contributed by atoms with E-state index < -0.39 is 0 Å². The van der Waals surface area contributed by atoms with Crippen molar-refractivity contribution >= 4 is 35.7 Å². The lowest BCUT2D eigenvalue weighted by atomic mass is 10.0. The van der Waals surface area contributed by atoms with E-state index in [1.54, 1.807) is 12.1 Å². The van der Waals surface area contributed by atoms with Crippen molar-refractivity contribution in [1.82, 2.24) is 10.2 Å². The molecule has 3 N–H and O–H groups in total. The molecule has 0 radical (unpaired) electrons. The third kappa shape index (κ3) is 4.61. The number of aldehydes is 1. The number of halogens is 1. The van der Waals surface area contributed by atoms with E-state index in [-0.39, 0.29) is 23.5 Å². The minimum absolute atomic E-state index is 0.0732. The predicted octanol–water partition coefficient (Wildman–Crippen LogP) is 2.02. The van der Waals surface area contributed by atoms with E-state index in [4.69, 9.17) is 22.1 Å². The molecule has 2 heterocycles. The fourth-order valence-electron chi connectivity index (χ4n) is 3.22. The van der Waals surface area contributed by atoms with Crippen LogP contribution in [-0.4, -0.2) is 49.1 Å². The normalized spacial score (nSPS) is 18.2. The molecule has 0 unspecified atom stereocenters. The van der Waals surface area contributed by atoms with E-state index in [0.29, 0.717) is 35.5 Å². The summed E-state index contributed by atoms with van der Waals surface area (Å²) >= 11 is 6.29. The van der Waals surface area contributed by atoms with Gasteiger partial charge in [-0.1, -0.05) is 30.3 Å². The first-order valence-corrected chi connectivity index (χ1v) is 9.46. The van der Waals surface area contributed by atoms with E-state index in [2.05, 4.69) is 16.9 Å². The maximum atomic E-state index is 12.4. The van der Waals surface area contributed by atoms with Crippen molar-refractivity contribution in [2.75, 3.05) is 19.8 Å². The van der Waals surface area contributed by atoms with Gasteiger partial charge in [-0.15, -0.1) is 0 Å². The van der Waals surface area contributed by atoms with E-state index >= 15 is 0 Å². The number of carbonyl (C=O) groups is 2. The first-order valence-electron chi connectivity index (χ1n) is 9.08. The Morgan fingerprint density at radius 1 is 1.43 bits per heavy atom. The number of allylic oxidation sites excluding steroid dienone is 1. The van der Waals surface area contributed by atoms with Gasteiger partial charge in [-0.05, 0) is 30.0 Å². The third-order valence-corrected chi connectivity index (χ3v) is 5.08. The summed E-state index contributed by atoms with van der Waals surface area (Å²) in [4.78, 5) is 28.8. The average Bonchev–Trinajstić information content (AvgIpc) is 3.01. The highest BCUT2D eigenvalue weighted by Crippen LogP contribution is 2.26. The van der Waals surface area contributed by atoms with Gasteiger partial charge in [-0.2, -0.15) is 0 Å². The molecule has 1 amide bonds. The summed E-state index contributed by atoms with van der Waals surface area (Å²) in [5, 5.41) is 3.49. The Balaban J connectivity index is 1.69. The molecule has 7 nitrogen and oxygen atoms in total. The van der Waals surface area contributed by atoms with Crippen LogP contribution >= 0.6 is 11.6 Å². The summed E-state index contributed by atoms with van der Waals surface area (Å²) in [6, 6.07) is 5.61. The van der Waals surface area contributed by atoms with Crippen LogP contribution in [0.25, 0.3) is 5.70 Å². The van der Waals surface area contributed by atoms with E-state index in [9.17, 15) is 9.59 Å². The van der Waals surface area contributed by atoms with Gasteiger partial charge in [0, 0.05) is 37.6 Å². The molecular weight excluding hydrogens is 380 g/mol. The van der Waals surface area contributed by atoms with Crippen LogP contribution in [0.5, 0.6) is 0 Å². The van der Waals surface area contributed by atoms with Gasteiger partial charge in [-0.25, -0.2) is 4.99 Å². The number of ether oxygens (including phenoxy) is 1. The molecule has 0 spiro atoms. The van der Waals surface area contributed by atoms with Crippen LogP contribution in [0, 0.1) is 0 Å². The largest absolute Gasteiger partial charge is 0.397 e. The van der Waals surface area contributed by atoms with Gasteiger partial charge < -0.3 is 25.5 Å². The molecule has 8 heteroatoms. The lowest BCUT2D eigenvalue weighted by molar-refractivity contribution is -0.108. The molecule has 1 fully saturated rings. The van der Waals surface area contributed by atoms with Crippen LogP contribution in [0.3, 0.4) is 0 Å². The maximum Gasteiger partial charge on any atom is 0.254 e. The summed E-state index contributed by atoms with van der Waals surface area (Å²) in [7, 11) is 0. The van der Waals surface area contributed by atoms with Crippen LogP contribution in [0.4, 0.5) is 0 Å². The maximum absolute atomic E-state index is 12.4. The smallest absolute Gasteiger partial charge is 0.254 e. The average molecular weight is 403 g/mol. The van der Waals surface area contributed by atoms with Gasteiger partial charge in [0.2, 0.25) is 0 Å². The molecule has 3 rings (SSSR count). The SMILES string of the molecule is C=C(N=C/C(Cl)=C(\N)c1ccc2c(c1)C(=O)N(CC=O)C2)NC1CCOCC1. The Labute approximate surface area is 168 Å². The Morgan fingerprint density at radius 2 is 2.18 bits per heavy atom. The number of aliphatic imine (C=N–C) groups is 1. The van der Waals surface area contributed by atoms with E-state index in [1.165, 1.54) is 11.1 Å². The molecule has 1 aromatic rings.